The Morgan fingerprint density at radius 2 is 1.75 bits per heavy atom. The van der Waals surface area contributed by atoms with Crippen molar-refractivity contribution in [2.24, 2.45) is 0 Å². The van der Waals surface area contributed by atoms with Crippen molar-refractivity contribution >= 4 is 18.0 Å². The highest BCUT2D eigenvalue weighted by Crippen LogP contribution is 2.22. The predicted octanol–water partition coefficient (Wildman–Crippen LogP) is 4.85. The fourth-order valence-electron chi connectivity index (χ4n) is 1.83. The van der Waals surface area contributed by atoms with Gasteiger partial charge in [0.15, 0.2) is 0 Å². The van der Waals surface area contributed by atoms with Gasteiger partial charge in [-0.15, -0.1) is 0 Å². The number of imide groups is 1. The summed E-state index contributed by atoms with van der Waals surface area (Å²) in [5.41, 5.74) is 1.38. The van der Waals surface area contributed by atoms with Gasteiger partial charge in [-0.1, -0.05) is 47.6 Å². The lowest BCUT2D eigenvalue weighted by atomic mass is 10.0. The molecular formula is C19H33FN2O2. The average Bonchev–Trinajstić information content (AvgIpc) is 2.58. The van der Waals surface area contributed by atoms with Gasteiger partial charge in [0.05, 0.1) is 5.69 Å². The van der Waals surface area contributed by atoms with E-state index in [0.29, 0.717) is 18.5 Å². The molecule has 24 heavy (non-hydrogen) atoms. The molecule has 1 rings (SSSR count). The second kappa shape index (κ2) is 14.7. The number of anilines is 1. The second-order valence-corrected chi connectivity index (χ2v) is 5.16. The van der Waals surface area contributed by atoms with Crippen LogP contribution in [0.5, 0.6) is 0 Å². The van der Waals surface area contributed by atoms with Gasteiger partial charge in [-0.25, -0.2) is 4.39 Å². The summed E-state index contributed by atoms with van der Waals surface area (Å²) in [6, 6.07) is 5.07. The Balaban J connectivity index is 0. The Labute approximate surface area is 146 Å². The molecule has 1 aromatic carbocycles. The van der Waals surface area contributed by atoms with Crippen LogP contribution in [0, 0.1) is 5.82 Å². The Morgan fingerprint density at radius 1 is 1.17 bits per heavy atom. The van der Waals surface area contributed by atoms with Crippen molar-refractivity contribution in [2.75, 3.05) is 5.32 Å². The van der Waals surface area contributed by atoms with Crippen LogP contribution in [0.2, 0.25) is 0 Å². The zero-order valence-corrected chi connectivity index (χ0v) is 16.1. The highest BCUT2D eigenvalue weighted by molar-refractivity contribution is 5.85. The molecule has 0 heterocycles. The first-order valence-electron chi connectivity index (χ1n) is 8.73. The van der Waals surface area contributed by atoms with Crippen molar-refractivity contribution in [3.05, 3.63) is 29.6 Å². The maximum atomic E-state index is 13.9. The van der Waals surface area contributed by atoms with Crippen LogP contribution >= 0.6 is 0 Å². The van der Waals surface area contributed by atoms with E-state index in [2.05, 4.69) is 10.6 Å². The molecule has 0 aliphatic rings. The number of rotatable bonds is 7. The molecule has 1 aromatic rings. The molecule has 0 saturated carbocycles. The normalized spacial score (nSPS) is 10.5. The van der Waals surface area contributed by atoms with Crippen molar-refractivity contribution in [1.29, 1.82) is 0 Å². The van der Waals surface area contributed by atoms with Crippen LogP contribution < -0.4 is 10.6 Å². The highest BCUT2D eigenvalue weighted by atomic mass is 19.1. The molecule has 0 spiro atoms. The summed E-state index contributed by atoms with van der Waals surface area (Å²) in [6.07, 6.45) is 1.11. The van der Waals surface area contributed by atoms with Gasteiger partial charge in [-0.2, -0.15) is 0 Å². The summed E-state index contributed by atoms with van der Waals surface area (Å²) in [7, 11) is 0. The van der Waals surface area contributed by atoms with Gasteiger partial charge in [0, 0.05) is 12.5 Å². The quantitative estimate of drug-likeness (QED) is 0.697. The largest absolute Gasteiger partial charge is 0.380 e. The molecule has 0 saturated heterocycles. The lowest BCUT2D eigenvalue weighted by Crippen LogP contribution is -2.24. The number of carbonyl (C=O) groups excluding carboxylic acids is 2. The van der Waals surface area contributed by atoms with E-state index in [1.807, 2.05) is 54.5 Å². The summed E-state index contributed by atoms with van der Waals surface area (Å²) in [6.45, 7) is 13.9. The van der Waals surface area contributed by atoms with Crippen LogP contribution in [0.4, 0.5) is 10.1 Å². The first-order valence-corrected chi connectivity index (χ1v) is 8.73. The van der Waals surface area contributed by atoms with Gasteiger partial charge in [-0.3, -0.25) is 14.9 Å². The summed E-state index contributed by atoms with van der Waals surface area (Å²) in [5.74, 6) is -0.340. The van der Waals surface area contributed by atoms with Gasteiger partial charge in [0.1, 0.15) is 5.82 Å². The van der Waals surface area contributed by atoms with E-state index in [1.54, 1.807) is 6.07 Å². The summed E-state index contributed by atoms with van der Waals surface area (Å²) < 4.78 is 13.9. The average molecular weight is 340 g/mol. The first-order chi connectivity index (χ1) is 11.4. The molecule has 4 nitrogen and oxygen atoms in total. The minimum atomic E-state index is -0.329. The Kier molecular flexibility index (Phi) is 14.9. The van der Waals surface area contributed by atoms with Gasteiger partial charge in [0.2, 0.25) is 12.3 Å². The molecule has 0 aliphatic carbocycles. The number of hydrogen-bond donors (Lipinski definition) is 2. The lowest BCUT2D eigenvalue weighted by Gasteiger charge is -2.16. The number of benzene rings is 1. The summed E-state index contributed by atoms with van der Waals surface area (Å²) in [5, 5.41) is 5.11. The smallest absolute Gasteiger partial charge is 0.226 e. The number of carbonyl (C=O) groups is 2. The minimum absolute atomic E-state index is 0.0631. The van der Waals surface area contributed by atoms with Crippen molar-refractivity contribution in [1.82, 2.24) is 5.32 Å². The molecule has 0 aromatic heterocycles. The second-order valence-electron chi connectivity index (χ2n) is 5.16. The third kappa shape index (κ3) is 9.98. The summed E-state index contributed by atoms with van der Waals surface area (Å²) >= 11 is 0. The molecule has 0 fully saturated rings. The SMILES string of the molecule is CC.CC.CC(CCC(=O)NC=O)Nc1ccc(C(C)C)cc1F. The third-order valence-electron chi connectivity index (χ3n) is 3.09. The molecule has 0 aliphatic heterocycles. The van der Waals surface area contributed by atoms with Crippen molar-refractivity contribution < 1.29 is 14.0 Å². The lowest BCUT2D eigenvalue weighted by molar-refractivity contribution is -0.125. The monoisotopic (exact) mass is 340 g/mol. The van der Waals surface area contributed by atoms with Gasteiger partial charge < -0.3 is 5.32 Å². The van der Waals surface area contributed by atoms with Gasteiger partial charge in [-0.05, 0) is 37.0 Å². The van der Waals surface area contributed by atoms with Crippen LogP contribution in [0.3, 0.4) is 0 Å². The van der Waals surface area contributed by atoms with E-state index in [1.165, 1.54) is 6.07 Å². The van der Waals surface area contributed by atoms with Crippen molar-refractivity contribution in [2.45, 2.75) is 73.3 Å². The number of hydrogen-bond acceptors (Lipinski definition) is 3. The standard InChI is InChI=1S/C15H21FN2O2.2C2H6/c1-10(2)12-5-6-14(13(16)8-12)18-11(3)4-7-15(20)17-9-19;2*1-2/h5-6,8-11,18H,4,7H2,1-3H3,(H,17,19,20);2*1-2H3. The molecule has 2 amide bonds. The maximum Gasteiger partial charge on any atom is 0.226 e. The zero-order chi connectivity index (χ0) is 19.1. The van der Waals surface area contributed by atoms with Crippen molar-refractivity contribution in [3.63, 3.8) is 0 Å². The van der Waals surface area contributed by atoms with Crippen LogP contribution in [0.25, 0.3) is 0 Å². The zero-order valence-electron chi connectivity index (χ0n) is 16.1. The maximum absolute atomic E-state index is 13.9. The fraction of sp³-hybridized carbons (Fsp3) is 0.579. The third-order valence-corrected chi connectivity index (χ3v) is 3.09. The molecule has 0 bridgehead atoms. The number of amides is 2. The van der Waals surface area contributed by atoms with E-state index in [-0.39, 0.29) is 30.1 Å². The van der Waals surface area contributed by atoms with E-state index in [9.17, 15) is 14.0 Å². The molecule has 0 radical (unpaired) electrons. The molecule has 1 unspecified atom stereocenters. The molecular weight excluding hydrogens is 307 g/mol. The molecule has 2 N–H and O–H groups in total. The molecule has 138 valence electrons. The number of halogens is 1. The predicted molar refractivity (Wildman–Crippen MR) is 99.7 cm³/mol. The van der Waals surface area contributed by atoms with Crippen LogP contribution in [-0.4, -0.2) is 18.4 Å². The number of nitrogens with one attached hydrogen (secondary N) is 2. The van der Waals surface area contributed by atoms with Gasteiger partial charge >= 0.3 is 0 Å². The van der Waals surface area contributed by atoms with E-state index in [4.69, 9.17) is 0 Å². The Bertz CT molecular complexity index is 476. The van der Waals surface area contributed by atoms with Crippen LogP contribution in [0.1, 0.15) is 72.8 Å². The highest BCUT2D eigenvalue weighted by Gasteiger charge is 2.10. The fourth-order valence-corrected chi connectivity index (χ4v) is 1.83. The van der Waals surface area contributed by atoms with Crippen LogP contribution in [-0.2, 0) is 9.59 Å². The van der Waals surface area contributed by atoms with E-state index < -0.39 is 0 Å². The van der Waals surface area contributed by atoms with E-state index >= 15 is 0 Å². The summed E-state index contributed by atoms with van der Waals surface area (Å²) in [4.78, 5) is 21.2. The minimum Gasteiger partial charge on any atom is -0.380 e. The first kappa shape index (κ1) is 24.3. The van der Waals surface area contributed by atoms with E-state index in [0.717, 1.165) is 5.56 Å². The Morgan fingerprint density at radius 3 is 2.21 bits per heavy atom. The van der Waals surface area contributed by atoms with Crippen molar-refractivity contribution in [3.8, 4) is 0 Å². The van der Waals surface area contributed by atoms with Gasteiger partial charge in [0.25, 0.3) is 0 Å². The molecule has 1 atom stereocenters. The van der Waals surface area contributed by atoms with Crippen LogP contribution in [0.15, 0.2) is 18.2 Å². The molecule has 5 heteroatoms. The topological polar surface area (TPSA) is 58.2 Å². The Hall–Kier alpha value is -1.91.